The second kappa shape index (κ2) is 6.47. The van der Waals surface area contributed by atoms with E-state index in [1.54, 1.807) is 13.0 Å². The zero-order chi connectivity index (χ0) is 15.5. The molecule has 22 heavy (non-hydrogen) atoms. The summed E-state index contributed by atoms with van der Waals surface area (Å²) in [5.74, 6) is -0.630. The van der Waals surface area contributed by atoms with Gasteiger partial charge in [-0.2, -0.15) is 0 Å². The van der Waals surface area contributed by atoms with E-state index in [4.69, 9.17) is 4.74 Å². The summed E-state index contributed by atoms with van der Waals surface area (Å²) in [6, 6.07) is 10.1. The Kier molecular flexibility index (Phi) is 4.41. The number of hydrogen-bond acceptors (Lipinski definition) is 3. The number of rotatable bonds is 3. The van der Waals surface area contributed by atoms with E-state index in [2.05, 4.69) is 12.1 Å². The SMILES string of the molecule is CCOC(=O)[C@@H]1C(=O)C=C(c2ccccc2)[C@@H]2CCCC[C@@H]12. The first-order valence-electron chi connectivity index (χ1n) is 8.20. The molecule has 0 amide bonds. The van der Waals surface area contributed by atoms with E-state index < -0.39 is 5.92 Å². The summed E-state index contributed by atoms with van der Waals surface area (Å²) in [5, 5.41) is 0. The van der Waals surface area contributed by atoms with Gasteiger partial charge in [0.25, 0.3) is 0 Å². The first-order chi connectivity index (χ1) is 10.7. The maximum atomic E-state index is 12.6. The van der Waals surface area contributed by atoms with E-state index in [1.165, 1.54) is 0 Å². The Morgan fingerprint density at radius 3 is 2.64 bits per heavy atom. The summed E-state index contributed by atoms with van der Waals surface area (Å²) in [5.41, 5.74) is 2.21. The van der Waals surface area contributed by atoms with Crippen molar-refractivity contribution >= 4 is 17.3 Å². The zero-order valence-corrected chi connectivity index (χ0v) is 13.0. The highest BCUT2D eigenvalue weighted by atomic mass is 16.5. The van der Waals surface area contributed by atoms with E-state index in [0.717, 1.165) is 36.8 Å². The zero-order valence-electron chi connectivity index (χ0n) is 13.0. The highest BCUT2D eigenvalue weighted by Crippen LogP contribution is 2.46. The normalized spacial score (nSPS) is 27.8. The lowest BCUT2D eigenvalue weighted by atomic mass is 9.63. The number of allylic oxidation sites excluding steroid dienone is 2. The number of ketones is 1. The fraction of sp³-hybridized carbons (Fsp3) is 0.474. The molecule has 0 N–H and O–H groups in total. The van der Waals surface area contributed by atoms with Crippen molar-refractivity contribution in [3.63, 3.8) is 0 Å². The summed E-state index contributed by atoms with van der Waals surface area (Å²) in [6.07, 6.45) is 5.93. The number of carbonyl (C=O) groups is 2. The molecule has 0 aliphatic heterocycles. The molecule has 0 spiro atoms. The minimum Gasteiger partial charge on any atom is -0.465 e. The largest absolute Gasteiger partial charge is 0.465 e. The molecule has 3 rings (SSSR count). The van der Waals surface area contributed by atoms with Crippen molar-refractivity contribution in [2.45, 2.75) is 32.6 Å². The van der Waals surface area contributed by atoms with E-state index in [9.17, 15) is 9.59 Å². The Bertz CT molecular complexity index is 588. The molecule has 1 aromatic carbocycles. The van der Waals surface area contributed by atoms with Gasteiger partial charge >= 0.3 is 5.97 Å². The van der Waals surface area contributed by atoms with E-state index in [1.807, 2.05) is 18.2 Å². The third-order valence-electron chi connectivity index (χ3n) is 4.90. The van der Waals surface area contributed by atoms with Crippen molar-refractivity contribution in [3.05, 3.63) is 42.0 Å². The van der Waals surface area contributed by atoms with Crippen LogP contribution in [0.2, 0.25) is 0 Å². The highest BCUT2D eigenvalue weighted by molar-refractivity contribution is 6.10. The second-order valence-electron chi connectivity index (χ2n) is 6.15. The summed E-state index contributed by atoms with van der Waals surface area (Å²) >= 11 is 0. The lowest BCUT2D eigenvalue weighted by Gasteiger charge is -2.39. The third kappa shape index (κ3) is 2.72. The third-order valence-corrected chi connectivity index (χ3v) is 4.90. The number of hydrogen-bond donors (Lipinski definition) is 0. The number of benzene rings is 1. The van der Waals surface area contributed by atoms with Crippen LogP contribution in [0.5, 0.6) is 0 Å². The number of esters is 1. The fourth-order valence-electron chi connectivity index (χ4n) is 3.96. The minimum absolute atomic E-state index is 0.0829. The van der Waals surface area contributed by atoms with Crippen LogP contribution in [-0.2, 0) is 14.3 Å². The molecular formula is C19H22O3. The highest BCUT2D eigenvalue weighted by Gasteiger charge is 2.45. The van der Waals surface area contributed by atoms with Gasteiger partial charge in [-0.25, -0.2) is 0 Å². The van der Waals surface area contributed by atoms with Gasteiger partial charge in [0, 0.05) is 0 Å². The average Bonchev–Trinajstić information content (AvgIpc) is 2.55. The molecule has 3 atom stereocenters. The molecule has 0 unspecified atom stereocenters. The van der Waals surface area contributed by atoms with Gasteiger partial charge in [0.2, 0.25) is 0 Å². The summed E-state index contributed by atoms with van der Waals surface area (Å²) in [4.78, 5) is 24.8. The van der Waals surface area contributed by atoms with Gasteiger partial charge in [-0.3, -0.25) is 9.59 Å². The molecule has 1 fully saturated rings. The number of carbonyl (C=O) groups excluding carboxylic acids is 2. The van der Waals surface area contributed by atoms with Crippen molar-refractivity contribution in [3.8, 4) is 0 Å². The molecule has 2 aliphatic carbocycles. The molecule has 2 aliphatic rings. The average molecular weight is 298 g/mol. The van der Waals surface area contributed by atoms with Crippen LogP contribution in [0.15, 0.2) is 36.4 Å². The molecule has 0 radical (unpaired) electrons. The summed E-state index contributed by atoms with van der Waals surface area (Å²) < 4.78 is 5.15. The van der Waals surface area contributed by atoms with Gasteiger partial charge in [-0.15, -0.1) is 0 Å². The number of ether oxygens (including phenoxy) is 1. The van der Waals surface area contributed by atoms with Crippen molar-refractivity contribution in [1.82, 2.24) is 0 Å². The lowest BCUT2D eigenvalue weighted by Crippen LogP contribution is -2.41. The summed E-state index contributed by atoms with van der Waals surface area (Å²) in [7, 11) is 0. The maximum Gasteiger partial charge on any atom is 0.317 e. The first-order valence-corrected chi connectivity index (χ1v) is 8.20. The topological polar surface area (TPSA) is 43.4 Å². The van der Waals surface area contributed by atoms with Crippen LogP contribution in [-0.4, -0.2) is 18.4 Å². The van der Waals surface area contributed by atoms with Gasteiger partial charge in [0.15, 0.2) is 5.78 Å². The molecule has 0 heterocycles. The lowest BCUT2D eigenvalue weighted by molar-refractivity contribution is -0.154. The Morgan fingerprint density at radius 1 is 1.18 bits per heavy atom. The summed E-state index contributed by atoms with van der Waals surface area (Å²) in [6.45, 7) is 2.12. The van der Waals surface area contributed by atoms with Gasteiger partial charge in [-0.1, -0.05) is 43.2 Å². The van der Waals surface area contributed by atoms with Crippen LogP contribution in [0.3, 0.4) is 0 Å². The van der Waals surface area contributed by atoms with Gasteiger partial charge in [0.1, 0.15) is 5.92 Å². The van der Waals surface area contributed by atoms with Crippen LogP contribution >= 0.6 is 0 Å². The standard InChI is InChI=1S/C19H22O3/c1-2-22-19(21)18-15-11-7-6-10-14(15)16(12-17(18)20)13-8-4-3-5-9-13/h3-5,8-9,12,14-15,18H,2,6-7,10-11H2,1H3/t14-,15-,18+/m1/s1. The monoisotopic (exact) mass is 298 g/mol. The minimum atomic E-state index is -0.599. The smallest absolute Gasteiger partial charge is 0.317 e. The molecule has 116 valence electrons. The molecular weight excluding hydrogens is 276 g/mol. The van der Waals surface area contributed by atoms with Crippen LogP contribution in [0.1, 0.15) is 38.2 Å². The molecule has 3 heteroatoms. The number of fused-ring (bicyclic) bond motifs is 1. The Hall–Kier alpha value is -1.90. The fourth-order valence-corrected chi connectivity index (χ4v) is 3.96. The van der Waals surface area contributed by atoms with Crippen molar-refractivity contribution in [2.24, 2.45) is 17.8 Å². The van der Waals surface area contributed by atoms with E-state index >= 15 is 0 Å². The first kappa shape index (κ1) is 15.0. The molecule has 0 saturated heterocycles. The molecule has 1 saturated carbocycles. The molecule has 0 aromatic heterocycles. The van der Waals surface area contributed by atoms with Crippen molar-refractivity contribution < 1.29 is 14.3 Å². The van der Waals surface area contributed by atoms with Crippen molar-refractivity contribution in [1.29, 1.82) is 0 Å². The predicted molar refractivity (Wildman–Crippen MR) is 85.0 cm³/mol. The van der Waals surface area contributed by atoms with Gasteiger partial charge in [-0.05, 0) is 48.8 Å². The molecule has 1 aromatic rings. The van der Waals surface area contributed by atoms with Crippen LogP contribution < -0.4 is 0 Å². The predicted octanol–water partition coefficient (Wildman–Crippen LogP) is 3.64. The Balaban J connectivity index is 1.98. The van der Waals surface area contributed by atoms with E-state index in [0.29, 0.717) is 12.5 Å². The van der Waals surface area contributed by atoms with Crippen LogP contribution in [0.4, 0.5) is 0 Å². The van der Waals surface area contributed by atoms with Gasteiger partial charge < -0.3 is 4.74 Å². The second-order valence-corrected chi connectivity index (χ2v) is 6.15. The van der Waals surface area contributed by atoms with Crippen LogP contribution in [0, 0.1) is 17.8 Å². The Labute approximate surface area is 131 Å². The van der Waals surface area contributed by atoms with Crippen molar-refractivity contribution in [2.75, 3.05) is 6.61 Å². The molecule has 3 nitrogen and oxygen atoms in total. The van der Waals surface area contributed by atoms with Gasteiger partial charge in [0.05, 0.1) is 6.61 Å². The molecule has 0 bridgehead atoms. The quantitative estimate of drug-likeness (QED) is 0.632. The maximum absolute atomic E-state index is 12.6. The van der Waals surface area contributed by atoms with E-state index in [-0.39, 0.29) is 17.7 Å². The van der Waals surface area contributed by atoms with Crippen LogP contribution in [0.25, 0.3) is 5.57 Å². The Morgan fingerprint density at radius 2 is 1.91 bits per heavy atom.